The van der Waals surface area contributed by atoms with Crippen molar-refractivity contribution in [3.05, 3.63) is 35.4 Å². The number of alkyl halides is 3. The Bertz CT molecular complexity index is 490. The van der Waals surface area contributed by atoms with Crippen molar-refractivity contribution in [1.29, 1.82) is 0 Å². The molecule has 0 heterocycles. The summed E-state index contributed by atoms with van der Waals surface area (Å²) in [5.41, 5.74) is 2.47. The molecule has 0 bridgehead atoms. The van der Waals surface area contributed by atoms with Gasteiger partial charge in [0.05, 0.1) is 0 Å². The zero-order valence-electron chi connectivity index (χ0n) is 13.5. The second-order valence-corrected chi connectivity index (χ2v) is 5.00. The third-order valence-corrected chi connectivity index (χ3v) is 3.19. The van der Waals surface area contributed by atoms with Crippen LogP contribution in [0.4, 0.5) is 13.2 Å². The lowest BCUT2D eigenvalue weighted by Crippen LogP contribution is -2.37. The number of hydrogen-bond acceptors (Lipinski definition) is 2. The van der Waals surface area contributed by atoms with E-state index in [-0.39, 0.29) is 6.61 Å². The summed E-state index contributed by atoms with van der Waals surface area (Å²) in [6.07, 6.45) is -2.83. The van der Waals surface area contributed by atoms with Crippen LogP contribution in [0.5, 0.6) is 0 Å². The molecule has 7 heteroatoms. The topological polar surface area (TPSA) is 45.7 Å². The van der Waals surface area contributed by atoms with Gasteiger partial charge in [0.2, 0.25) is 0 Å². The van der Waals surface area contributed by atoms with Gasteiger partial charge in [0.15, 0.2) is 5.96 Å². The second kappa shape index (κ2) is 10.1. The van der Waals surface area contributed by atoms with E-state index in [1.165, 1.54) is 11.1 Å². The van der Waals surface area contributed by atoms with Crippen molar-refractivity contribution in [2.45, 2.75) is 32.5 Å². The van der Waals surface area contributed by atoms with E-state index in [4.69, 9.17) is 0 Å². The van der Waals surface area contributed by atoms with Crippen molar-refractivity contribution in [3.63, 3.8) is 0 Å². The Morgan fingerprint density at radius 3 is 2.48 bits per heavy atom. The van der Waals surface area contributed by atoms with E-state index in [1.807, 2.05) is 12.1 Å². The molecule has 0 amide bonds. The monoisotopic (exact) mass is 331 g/mol. The van der Waals surface area contributed by atoms with Crippen molar-refractivity contribution in [2.75, 3.05) is 26.8 Å². The molecule has 1 aromatic carbocycles. The summed E-state index contributed by atoms with van der Waals surface area (Å²) >= 11 is 0. The Kier molecular flexibility index (Phi) is 8.47. The lowest BCUT2D eigenvalue weighted by Gasteiger charge is -2.14. The molecule has 0 saturated heterocycles. The first-order valence-corrected chi connectivity index (χ1v) is 7.62. The quantitative estimate of drug-likeness (QED) is 0.437. The molecule has 1 aromatic rings. The maximum Gasteiger partial charge on any atom is 0.411 e. The third kappa shape index (κ3) is 8.44. The molecule has 0 aliphatic rings. The Morgan fingerprint density at radius 1 is 1.17 bits per heavy atom. The van der Waals surface area contributed by atoms with Crippen LogP contribution in [0.3, 0.4) is 0 Å². The van der Waals surface area contributed by atoms with Gasteiger partial charge < -0.3 is 15.4 Å². The van der Waals surface area contributed by atoms with Crippen LogP contribution >= 0.6 is 0 Å². The average molecular weight is 331 g/mol. The SMILES string of the molecule is CCc1ccccc1CNC(=NC)NCCCOCC(F)(F)F. The summed E-state index contributed by atoms with van der Waals surface area (Å²) in [7, 11) is 1.65. The zero-order valence-corrected chi connectivity index (χ0v) is 13.5. The highest BCUT2D eigenvalue weighted by Crippen LogP contribution is 2.14. The first kappa shape index (κ1) is 19.3. The number of rotatable bonds is 8. The molecule has 0 radical (unpaired) electrons. The minimum Gasteiger partial charge on any atom is -0.372 e. The summed E-state index contributed by atoms with van der Waals surface area (Å²) in [4.78, 5) is 4.09. The molecule has 0 atom stereocenters. The number of nitrogens with one attached hydrogen (secondary N) is 2. The predicted molar refractivity (Wildman–Crippen MR) is 85.5 cm³/mol. The van der Waals surface area contributed by atoms with Crippen LogP contribution in [0.25, 0.3) is 0 Å². The van der Waals surface area contributed by atoms with Gasteiger partial charge in [-0.05, 0) is 24.0 Å². The molecule has 1 rings (SSSR count). The van der Waals surface area contributed by atoms with Crippen LogP contribution in [-0.2, 0) is 17.7 Å². The van der Waals surface area contributed by atoms with Crippen LogP contribution in [0.15, 0.2) is 29.3 Å². The minimum atomic E-state index is -4.27. The predicted octanol–water partition coefficient (Wildman–Crippen LogP) is 2.88. The van der Waals surface area contributed by atoms with Gasteiger partial charge >= 0.3 is 6.18 Å². The standard InChI is InChI=1S/C16H24F3N3O/c1-3-13-7-4-5-8-14(13)11-22-15(20-2)21-9-6-10-23-12-16(17,18)19/h4-5,7-8H,3,6,9-12H2,1-2H3,(H2,20,21,22). The van der Waals surface area contributed by atoms with Crippen molar-refractivity contribution < 1.29 is 17.9 Å². The van der Waals surface area contributed by atoms with Gasteiger partial charge in [0.1, 0.15) is 6.61 Å². The second-order valence-electron chi connectivity index (χ2n) is 5.00. The van der Waals surface area contributed by atoms with Crippen LogP contribution in [0.2, 0.25) is 0 Å². The van der Waals surface area contributed by atoms with E-state index < -0.39 is 12.8 Å². The van der Waals surface area contributed by atoms with Gasteiger partial charge in [0, 0.05) is 26.7 Å². The Labute approximate surface area is 135 Å². The van der Waals surface area contributed by atoms with Gasteiger partial charge in [-0.25, -0.2) is 0 Å². The largest absolute Gasteiger partial charge is 0.411 e. The molecule has 0 spiro atoms. The number of guanidine groups is 1. The first-order chi connectivity index (χ1) is 11.0. The smallest absolute Gasteiger partial charge is 0.372 e. The summed E-state index contributed by atoms with van der Waals surface area (Å²) in [6.45, 7) is 2.10. The molecule has 0 unspecified atom stereocenters. The molecule has 4 nitrogen and oxygen atoms in total. The van der Waals surface area contributed by atoms with E-state index in [0.29, 0.717) is 25.5 Å². The van der Waals surface area contributed by atoms with Gasteiger partial charge in [-0.3, -0.25) is 4.99 Å². The molecule has 23 heavy (non-hydrogen) atoms. The summed E-state index contributed by atoms with van der Waals surface area (Å²) < 4.78 is 40.3. The van der Waals surface area contributed by atoms with Crippen molar-refractivity contribution in [2.24, 2.45) is 4.99 Å². The highest BCUT2D eigenvalue weighted by Gasteiger charge is 2.27. The Hall–Kier alpha value is -1.76. The summed E-state index contributed by atoms with van der Waals surface area (Å²) in [5, 5.41) is 6.25. The molecule has 130 valence electrons. The molecule has 0 aliphatic heterocycles. The Balaban J connectivity index is 2.25. The van der Waals surface area contributed by atoms with Gasteiger partial charge in [0.25, 0.3) is 0 Å². The fourth-order valence-corrected chi connectivity index (χ4v) is 2.04. The fourth-order valence-electron chi connectivity index (χ4n) is 2.04. The van der Waals surface area contributed by atoms with E-state index in [1.54, 1.807) is 7.05 Å². The summed E-state index contributed by atoms with van der Waals surface area (Å²) in [6, 6.07) is 8.15. The van der Waals surface area contributed by atoms with Crippen LogP contribution in [0, 0.1) is 0 Å². The summed E-state index contributed by atoms with van der Waals surface area (Å²) in [5.74, 6) is 0.617. The molecular weight excluding hydrogens is 307 g/mol. The van der Waals surface area contributed by atoms with Crippen molar-refractivity contribution in [3.8, 4) is 0 Å². The number of ether oxygens (including phenoxy) is 1. The van der Waals surface area contributed by atoms with Crippen LogP contribution < -0.4 is 10.6 Å². The van der Waals surface area contributed by atoms with E-state index >= 15 is 0 Å². The van der Waals surface area contributed by atoms with Crippen molar-refractivity contribution in [1.82, 2.24) is 10.6 Å². The fraction of sp³-hybridized carbons (Fsp3) is 0.562. The van der Waals surface area contributed by atoms with Crippen LogP contribution in [0.1, 0.15) is 24.5 Å². The number of hydrogen-bond donors (Lipinski definition) is 2. The third-order valence-electron chi connectivity index (χ3n) is 3.19. The lowest BCUT2D eigenvalue weighted by atomic mass is 10.1. The average Bonchev–Trinajstić information content (AvgIpc) is 2.52. The minimum absolute atomic E-state index is 0.0577. The highest BCUT2D eigenvalue weighted by molar-refractivity contribution is 5.79. The molecule has 0 aliphatic carbocycles. The van der Waals surface area contributed by atoms with Crippen LogP contribution in [-0.4, -0.2) is 38.9 Å². The van der Waals surface area contributed by atoms with E-state index in [2.05, 4.69) is 39.4 Å². The molecule has 0 fully saturated rings. The molecule has 0 aromatic heterocycles. The normalized spacial score (nSPS) is 12.3. The van der Waals surface area contributed by atoms with E-state index in [0.717, 1.165) is 6.42 Å². The van der Waals surface area contributed by atoms with Crippen molar-refractivity contribution >= 4 is 5.96 Å². The number of benzene rings is 1. The highest BCUT2D eigenvalue weighted by atomic mass is 19.4. The van der Waals surface area contributed by atoms with Gasteiger partial charge in [-0.2, -0.15) is 13.2 Å². The number of halogens is 3. The molecule has 0 saturated carbocycles. The number of aliphatic imine (C=N–C) groups is 1. The lowest BCUT2D eigenvalue weighted by molar-refractivity contribution is -0.173. The van der Waals surface area contributed by atoms with E-state index in [9.17, 15) is 13.2 Å². The van der Waals surface area contributed by atoms with Gasteiger partial charge in [-0.15, -0.1) is 0 Å². The molecular formula is C16H24F3N3O. The number of nitrogens with zero attached hydrogens (tertiary/aromatic N) is 1. The maximum absolute atomic E-state index is 11.9. The first-order valence-electron chi connectivity index (χ1n) is 7.62. The zero-order chi connectivity index (χ0) is 17.1. The van der Waals surface area contributed by atoms with Gasteiger partial charge in [-0.1, -0.05) is 31.2 Å². The molecule has 2 N–H and O–H groups in total. The Morgan fingerprint density at radius 2 is 1.87 bits per heavy atom. The maximum atomic E-state index is 11.9. The number of aryl methyl sites for hydroxylation is 1.